The highest BCUT2D eigenvalue weighted by Gasteiger charge is 2.14. The van der Waals surface area contributed by atoms with Gasteiger partial charge >= 0.3 is 0 Å². The number of benzene rings is 3. The summed E-state index contributed by atoms with van der Waals surface area (Å²) < 4.78 is 9.02. The topological polar surface area (TPSA) is 80.3 Å². The molecule has 0 aliphatic heterocycles. The number of nitrogens with zero attached hydrogens (tertiary/aromatic N) is 4. The average molecular weight is 627 g/mol. The summed E-state index contributed by atoms with van der Waals surface area (Å²) in [6.45, 7) is 4.27. The zero-order chi connectivity index (χ0) is 24.2. The third kappa shape index (κ3) is 5.21. The summed E-state index contributed by atoms with van der Waals surface area (Å²) in [5.41, 5.74) is 2.70. The Kier molecular flexibility index (Phi) is 7.44. The zero-order valence-corrected chi connectivity index (χ0v) is 22.2. The van der Waals surface area contributed by atoms with Crippen molar-refractivity contribution in [3.63, 3.8) is 0 Å². The van der Waals surface area contributed by atoms with Gasteiger partial charge in [0, 0.05) is 16.0 Å². The van der Waals surface area contributed by atoms with E-state index >= 15 is 0 Å². The minimum atomic E-state index is -0.211. The van der Waals surface area contributed by atoms with Gasteiger partial charge in [0.2, 0.25) is 0 Å². The van der Waals surface area contributed by atoms with Crippen molar-refractivity contribution in [2.75, 3.05) is 0 Å². The van der Waals surface area contributed by atoms with Gasteiger partial charge in [-0.2, -0.15) is 15.0 Å². The summed E-state index contributed by atoms with van der Waals surface area (Å²) >= 11 is 5.62. The molecule has 4 aromatic rings. The molecule has 34 heavy (non-hydrogen) atoms. The van der Waals surface area contributed by atoms with Crippen LogP contribution in [0.3, 0.4) is 0 Å². The fourth-order valence-corrected chi connectivity index (χ4v) is 4.46. The predicted octanol–water partition coefficient (Wildman–Crippen LogP) is 6.22. The van der Waals surface area contributed by atoms with Crippen molar-refractivity contribution in [2.24, 2.45) is 5.10 Å². The second-order valence-electron chi connectivity index (χ2n) is 7.90. The van der Waals surface area contributed by atoms with E-state index in [4.69, 9.17) is 4.74 Å². The molecule has 170 valence electrons. The molecule has 0 bridgehead atoms. The van der Waals surface area contributed by atoms with Crippen molar-refractivity contribution in [3.8, 4) is 11.8 Å². The molecule has 0 atom stereocenters. The van der Waals surface area contributed by atoms with E-state index in [1.54, 1.807) is 18.3 Å². The zero-order valence-electron chi connectivity index (χ0n) is 18.5. The maximum Gasteiger partial charge on any atom is 0.282 e. The molecule has 0 N–H and O–H groups in total. The van der Waals surface area contributed by atoms with Crippen LogP contribution in [0.5, 0.6) is 5.75 Å². The van der Waals surface area contributed by atoms with Crippen molar-refractivity contribution in [2.45, 2.75) is 26.4 Å². The first-order valence-electron chi connectivity index (χ1n) is 10.5. The Balaban J connectivity index is 1.61. The van der Waals surface area contributed by atoms with Gasteiger partial charge in [-0.1, -0.05) is 48.0 Å². The van der Waals surface area contributed by atoms with E-state index in [1.807, 2.05) is 62.4 Å². The van der Waals surface area contributed by atoms with Crippen molar-refractivity contribution in [1.29, 1.82) is 5.26 Å². The van der Waals surface area contributed by atoms with E-state index < -0.39 is 0 Å². The summed E-state index contributed by atoms with van der Waals surface area (Å²) in [7, 11) is 0. The van der Waals surface area contributed by atoms with Gasteiger partial charge in [-0.25, -0.2) is 4.98 Å². The average Bonchev–Trinajstić information content (AvgIpc) is 2.83. The molecule has 1 aromatic heterocycles. The number of fused-ring (bicyclic) bond motifs is 1. The van der Waals surface area contributed by atoms with Gasteiger partial charge in [-0.15, -0.1) is 0 Å². The van der Waals surface area contributed by atoms with Crippen LogP contribution in [0.4, 0.5) is 0 Å². The Hall–Kier alpha value is -3.03. The minimum Gasteiger partial charge on any atom is -0.488 e. The lowest BCUT2D eigenvalue weighted by atomic mass is 10.1. The van der Waals surface area contributed by atoms with Crippen LogP contribution in [0.15, 0.2) is 75.0 Å². The molecular weight excluding hydrogens is 607 g/mol. The monoisotopic (exact) mass is 626 g/mol. The maximum atomic E-state index is 13.2. The Morgan fingerprint density at radius 1 is 1.21 bits per heavy atom. The van der Waals surface area contributed by atoms with Gasteiger partial charge in [0.25, 0.3) is 5.56 Å². The lowest BCUT2D eigenvalue weighted by molar-refractivity contribution is 0.303. The summed E-state index contributed by atoms with van der Waals surface area (Å²) in [6, 6.07) is 20.7. The van der Waals surface area contributed by atoms with E-state index in [0.29, 0.717) is 34.6 Å². The molecular formula is C26H20BrIN4O2. The summed E-state index contributed by atoms with van der Waals surface area (Å²) in [5, 5.41) is 14.2. The highest BCUT2D eigenvalue weighted by molar-refractivity contribution is 14.1. The number of aromatic nitrogens is 2. The fourth-order valence-electron chi connectivity index (χ4n) is 3.40. The largest absolute Gasteiger partial charge is 0.488 e. The van der Waals surface area contributed by atoms with Crippen molar-refractivity contribution >= 4 is 55.6 Å². The number of ether oxygens (including phenoxy) is 1. The first kappa shape index (κ1) is 24.1. The van der Waals surface area contributed by atoms with Crippen LogP contribution in [0.1, 0.15) is 42.3 Å². The van der Waals surface area contributed by atoms with Gasteiger partial charge in [0.1, 0.15) is 18.2 Å². The summed E-state index contributed by atoms with van der Waals surface area (Å²) in [5.74, 6) is 1.33. The van der Waals surface area contributed by atoms with E-state index in [2.05, 4.69) is 54.7 Å². The second-order valence-corrected chi connectivity index (χ2v) is 9.97. The van der Waals surface area contributed by atoms with Crippen LogP contribution in [0.25, 0.3) is 10.9 Å². The van der Waals surface area contributed by atoms with Crippen LogP contribution >= 0.6 is 38.5 Å². The molecule has 0 aliphatic rings. The SMILES string of the molecule is CC(C)c1nc2ccc(Br)cc2c(=O)n1N=Cc1ccc(OCc2ccccc2C#N)c(I)c1. The van der Waals surface area contributed by atoms with Gasteiger partial charge < -0.3 is 4.74 Å². The number of hydrogen-bond acceptors (Lipinski definition) is 5. The predicted molar refractivity (Wildman–Crippen MR) is 145 cm³/mol. The molecule has 3 aromatic carbocycles. The highest BCUT2D eigenvalue weighted by atomic mass is 127. The molecule has 0 radical (unpaired) electrons. The van der Waals surface area contributed by atoms with Gasteiger partial charge in [0.05, 0.1) is 32.3 Å². The minimum absolute atomic E-state index is 0.0186. The van der Waals surface area contributed by atoms with E-state index in [0.717, 1.165) is 19.2 Å². The number of halogens is 2. The van der Waals surface area contributed by atoms with E-state index in [9.17, 15) is 10.1 Å². The first-order chi connectivity index (χ1) is 16.4. The standard InChI is InChI=1S/C26H20BrIN4O2/c1-16(2)25-31-23-9-8-20(27)12-21(23)26(33)32(25)30-14-17-7-10-24(22(28)11-17)34-15-19-6-4-3-5-18(19)13-29/h3-12,14,16H,15H2,1-2H3. The molecule has 1 heterocycles. The maximum absolute atomic E-state index is 13.2. The highest BCUT2D eigenvalue weighted by Crippen LogP contribution is 2.24. The molecule has 0 saturated heterocycles. The number of nitriles is 1. The summed E-state index contributed by atoms with van der Waals surface area (Å²) in [4.78, 5) is 17.8. The normalized spacial score (nSPS) is 11.3. The molecule has 0 spiro atoms. The van der Waals surface area contributed by atoms with Crippen LogP contribution in [-0.2, 0) is 6.61 Å². The van der Waals surface area contributed by atoms with Crippen molar-refractivity contribution in [3.05, 3.63) is 102 Å². The Bertz CT molecular complexity index is 1510. The Morgan fingerprint density at radius 2 is 2.00 bits per heavy atom. The lowest BCUT2D eigenvalue weighted by Gasteiger charge is -2.12. The van der Waals surface area contributed by atoms with E-state index in [1.165, 1.54) is 4.68 Å². The molecule has 8 heteroatoms. The lowest BCUT2D eigenvalue weighted by Crippen LogP contribution is -2.23. The molecule has 0 fully saturated rings. The Morgan fingerprint density at radius 3 is 2.74 bits per heavy atom. The van der Waals surface area contributed by atoms with Crippen molar-refractivity contribution < 1.29 is 4.74 Å². The Labute approximate surface area is 219 Å². The third-order valence-electron chi connectivity index (χ3n) is 5.15. The smallest absolute Gasteiger partial charge is 0.282 e. The van der Waals surface area contributed by atoms with Gasteiger partial charge in [-0.05, 0) is 70.6 Å². The van der Waals surface area contributed by atoms with Gasteiger partial charge in [0.15, 0.2) is 0 Å². The summed E-state index contributed by atoms with van der Waals surface area (Å²) in [6.07, 6.45) is 1.65. The third-order valence-corrected chi connectivity index (χ3v) is 6.49. The van der Waals surface area contributed by atoms with E-state index in [-0.39, 0.29) is 11.5 Å². The number of rotatable bonds is 6. The molecule has 0 amide bonds. The van der Waals surface area contributed by atoms with Crippen LogP contribution < -0.4 is 10.3 Å². The first-order valence-corrected chi connectivity index (χ1v) is 12.4. The fraction of sp³-hybridized carbons (Fsp3) is 0.154. The molecule has 0 aliphatic carbocycles. The molecule has 0 unspecified atom stereocenters. The van der Waals surface area contributed by atoms with Crippen LogP contribution in [0.2, 0.25) is 0 Å². The van der Waals surface area contributed by atoms with Crippen LogP contribution in [-0.4, -0.2) is 15.9 Å². The molecule has 0 saturated carbocycles. The van der Waals surface area contributed by atoms with Crippen LogP contribution in [0, 0.1) is 14.9 Å². The number of hydrogen-bond donors (Lipinski definition) is 0. The quantitative estimate of drug-likeness (QED) is 0.188. The van der Waals surface area contributed by atoms with Crippen molar-refractivity contribution in [1.82, 2.24) is 9.66 Å². The molecule has 6 nitrogen and oxygen atoms in total. The second kappa shape index (κ2) is 10.5. The molecule has 4 rings (SSSR count). The van der Waals surface area contributed by atoms with Gasteiger partial charge in [-0.3, -0.25) is 4.79 Å².